The van der Waals surface area contributed by atoms with Gasteiger partial charge in [0.2, 0.25) is 0 Å². The van der Waals surface area contributed by atoms with Crippen molar-refractivity contribution in [1.82, 2.24) is 9.97 Å². The van der Waals surface area contributed by atoms with E-state index in [1.165, 1.54) is 13.4 Å². The van der Waals surface area contributed by atoms with Crippen molar-refractivity contribution < 1.29 is 13.9 Å². The number of anilines is 2. The zero-order valence-electron chi connectivity index (χ0n) is 11.7. The second kappa shape index (κ2) is 5.82. The zero-order chi connectivity index (χ0) is 14.7. The summed E-state index contributed by atoms with van der Waals surface area (Å²) in [6, 6.07) is 3.56. The molecule has 1 saturated heterocycles. The molecule has 0 spiro atoms. The molecule has 0 aromatic carbocycles. The minimum Gasteiger partial charge on any atom is -0.467 e. The summed E-state index contributed by atoms with van der Waals surface area (Å²) < 4.78 is 10.2. The van der Waals surface area contributed by atoms with Crippen LogP contribution < -0.4 is 15.0 Å². The Hall–Kier alpha value is -2.57. The zero-order valence-corrected chi connectivity index (χ0v) is 11.7. The Labute approximate surface area is 121 Å². The monoisotopic (exact) mass is 288 g/mol. The highest BCUT2D eigenvalue weighted by Gasteiger charge is 2.21. The third-order valence-corrected chi connectivity index (χ3v) is 3.33. The maximum absolute atomic E-state index is 12.1. The predicted molar refractivity (Wildman–Crippen MR) is 76.7 cm³/mol. The maximum Gasteiger partial charge on any atom is 0.318 e. The SMILES string of the molecule is COc1ncc(NC(=O)c2ccco2)c(N2CCCC2)n1. The lowest BCUT2D eigenvalue weighted by atomic mass is 10.3. The molecule has 0 saturated carbocycles. The van der Waals surface area contributed by atoms with E-state index < -0.39 is 0 Å². The number of furan rings is 1. The first kappa shape index (κ1) is 13.4. The number of ether oxygens (including phenoxy) is 1. The third-order valence-electron chi connectivity index (χ3n) is 3.33. The summed E-state index contributed by atoms with van der Waals surface area (Å²) in [4.78, 5) is 22.6. The number of amides is 1. The number of aromatic nitrogens is 2. The van der Waals surface area contributed by atoms with E-state index in [0.717, 1.165) is 25.9 Å². The van der Waals surface area contributed by atoms with Gasteiger partial charge in [0.05, 0.1) is 19.6 Å². The van der Waals surface area contributed by atoms with Gasteiger partial charge in [-0.05, 0) is 25.0 Å². The molecule has 0 bridgehead atoms. The summed E-state index contributed by atoms with van der Waals surface area (Å²) in [6.07, 6.45) is 5.23. The van der Waals surface area contributed by atoms with Gasteiger partial charge in [0.1, 0.15) is 5.69 Å². The Bertz CT molecular complexity index is 621. The predicted octanol–water partition coefficient (Wildman–Crippen LogP) is 1.93. The molecule has 0 aliphatic carbocycles. The molecular formula is C14H16N4O3. The van der Waals surface area contributed by atoms with Gasteiger partial charge in [-0.2, -0.15) is 4.98 Å². The van der Waals surface area contributed by atoms with E-state index in [0.29, 0.717) is 11.5 Å². The number of rotatable bonds is 4. The lowest BCUT2D eigenvalue weighted by Gasteiger charge is -2.20. The minimum atomic E-state index is -0.325. The van der Waals surface area contributed by atoms with Gasteiger partial charge < -0.3 is 19.4 Å². The van der Waals surface area contributed by atoms with Crippen LogP contribution in [0, 0.1) is 0 Å². The van der Waals surface area contributed by atoms with Crippen molar-refractivity contribution in [3.8, 4) is 6.01 Å². The first-order chi connectivity index (χ1) is 10.3. The topological polar surface area (TPSA) is 80.5 Å². The molecule has 1 fully saturated rings. The molecule has 0 radical (unpaired) electrons. The quantitative estimate of drug-likeness (QED) is 0.926. The van der Waals surface area contributed by atoms with Gasteiger partial charge in [0.25, 0.3) is 5.91 Å². The number of methoxy groups -OCH3 is 1. The molecule has 0 unspecified atom stereocenters. The van der Waals surface area contributed by atoms with Crippen LogP contribution in [0.5, 0.6) is 6.01 Å². The van der Waals surface area contributed by atoms with Gasteiger partial charge in [-0.15, -0.1) is 0 Å². The van der Waals surface area contributed by atoms with Crippen molar-refractivity contribution in [3.05, 3.63) is 30.4 Å². The first-order valence-electron chi connectivity index (χ1n) is 6.79. The van der Waals surface area contributed by atoms with Crippen LogP contribution in [0.1, 0.15) is 23.4 Å². The van der Waals surface area contributed by atoms with Gasteiger partial charge in [-0.3, -0.25) is 4.79 Å². The third kappa shape index (κ3) is 2.81. The van der Waals surface area contributed by atoms with Crippen LogP contribution in [0.3, 0.4) is 0 Å². The molecule has 1 aliphatic heterocycles. The van der Waals surface area contributed by atoms with Gasteiger partial charge in [-0.25, -0.2) is 4.98 Å². The second-order valence-electron chi connectivity index (χ2n) is 4.72. The van der Waals surface area contributed by atoms with Crippen LogP contribution in [0.15, 0.2) is 29.0 Å². The molecular weight excluding hydrogens is 272 g/mol. The van der Waals surface area contributed by atoms with Gasteiger partial charge in [0, 0.05) is 13.1 Å². The lowest BCUT2D eigenvalue weighted by molar-refractivity contribution is 0.0996. The summed E-state index contributed by atoms with van der Waals surface area (Å²) >= 11 is 0. The molecule has 3 heterocycles. The Morgan fingerprint density at radius 3 is 2.90 bits per heavy atom. The second-order valence-corrected chi connectivity index (χ2v) is 4.72. The van der Waals surface area contributed by atoms with Crippen molar-refractivity contribution in [1.29, 1.82) is 0 Å². The lowest BCUT2D eigenvalue weighted by Crippen LogP contribution is -2.22. The smallest absolute Gasteiger partial charge is 0.318 e. The van der Waals surface area contributed by atoms with E-state index in [-0.39, 0.29) is 17.7 Å². The van der Waals surface area contributed by atoms with Crippen LogP contribution in [0.4, 0.5) is 11.5 Å². The van der Waals surface area contributed by atoms with Crippen LogP contribution in [-0.2, 0) is 0 Å². The summed E-state index contributed by atoms with van der Waals surface area (Å²) in [5.74, 6) is 0.603. The van der Waals surface area contributed by atoms with E-state index >= 15 is 0 Å². The number of carbonyl (C=O) groups excluding carboxylic acids is 1. The Balaban J connectivity index is 1.88. The number of hydrogen-bond donors (Lipinski definition) is 1. The van der Waals surface area contributed by atoms with E-state index in [4.69, 9.17) is 9.15 Å². The molecule has 1 aliphatic rings. The first-order valence-corrected chi connectivity index (χ1v) is 6.79. The van der Waals surface area contributed by atoms with E-state index in [2.05, 4.69) is 20.2 Å². The molecule has 21 heavy (non-hydrogen) atoms. The fourth-order valence-corrected chi connectivity index (χ4v) is 2.31. The molecule has 3 rings (SSSR count). The standard InChI is InChI=1S/C14H16N4O3/c1-20-14-15-9-10(12(17-14)18-6-2-3-7-18)16-13(19)11-5-4-8-21-11/h4-5,8-9H,2-3,6-7H2,1H3,(H,16,19). The molecule has 1 amide bonds. The molecule has 7 heteroatoms. The summed E-state index contributed by atoms with van der Waals surface area (Å²) in [5, 5.41) is 2.79. The van der Waals surface area contributed by atoms with Crippen LogP contribution in [0.2, 0.25) is 0 Å². The van der Waals surface area contributed by atoms with Gasteiger partial charge in [-0.1, -0.05) is 0 Å². The van der Waals surface area contributed by atoms with Crippen LogP contribution in [0.25, 0.3) is 0 Å². The highest BCUT2D eigenvalue weighted by Crippen LogP contribution is 2.28. The summed E-state index contributed by atoms with van der Waals surface area (Å²) in [7, 11) is 1.52. The molecule has 110 valence electrons. The minimum absolute atomic E-state index is 0.248. The van der Waals surface area contributed by atoms with Crippen molar-refractivity contribution in [2.45, 2.75) is 12.8 Å². The molecule has 0 atom stereocenters. The summed E-state index contributed by atoms with van der Waals surface area (Å²) in [5.41, 5.74) is 0.555. The average Bonchev–Trinajstić information content (AvgIpc) is 3.21. The van der Waals surface area contributed by atoms with Crippen molar-refractivity contribution in [2.24, 2.45) is 0 Å². The van der Waals surface area contributed by atoms with Gasteiger partial charge >= 0.3 is 6.01 Å². The fraction of sp³-hybridized carbons (Fsp3) is 0.357. The molecule has 7 nitrogen and oxygen atoms in total. The van der Waals surface area contributed by atoms with E-state index in [1.807, 2.05) is 0 Å². The van der Waals surface area contributed by atoms with Crippen LogP contribution in [-0.4, -0.2) is 36.1 Å². The van der Waals surface area contributed by atoms with Crippen molar-refractivity contribution in [2.75, 3.05) is 30.4 Å². The summed E-state index contributed by atoms with van der Waals surface area (Å²) in [6.45, 7) is 1.81. The largest absolute Gasteiger partial charge is 0.467 e. The number of hydrogen-bond acceptors (Lipinski definition) is 6. The normalized spacial score (nSPS) is 14.2. The average molecular weight is 288 g/mol. The Morgan fingerprint density at radius 2 is 2.24 bits per heavy atom. The number of nitrogens with zero attached hydrogens (tertiary/aromatic N) is 3. The highest BCUT2D eigenvalue weighted by molar-refractivity contribution is 6.03. The number of nitrogens with one attached hydrogen (secondary N) is 1. The van der Waals surface area contributed by atoms with E-state index in [1.54, 1.807) is 18.3 Å². The maximum atomic E-state index is 12.1. The van der Waals surface area contributed by atoms with E-state index in [9.17, 15) is 4.79 Å². The van der Waals surface area contributed by atoms with Gasteiger partial charge in [0.15, 0.2) is 11.6 Å². The molecule has 1 N–H and O–H groups in total. The highest BCUT2D eigenvalue weighted by atomic mass is 16.5. The Kier molecular flexibility index (Phi) is 3.72. The fourth-order valence-electron chi connectivity index (χ4n) is 2.31. The molecule has 2 aromatic rings. The number of carbonyl (C=O) groups is 1. The van der Waals surface area contributed by atoms with Crippen molar-refractivity contribution in [3.63, 3.8) is 0 Å². The van der Waals surface area contributed by atoms with Crippen molar-refractivity contribution >= 4 is 17.4 Å². The Morgan fingerprint density at radius 1 is 1.43 bits per heavy atom. The molecule has 2 aromatic heterocycles. The van der Waals surface area contributed by atoms with Crippen LogP contribution >= 0.6 is 0 Å².